The molecule has 0 saturated carbocycles. The average molecular weight is 421 g/mol. The summed E-state index contributed by atoms with van der Waals surface area (Å²) in [5.74, 6) is 0.927. The first-order valence-electron chi connectivity index (χ1n) is 11.5. The van der Waals surface area contributed by atoms with E-state index in [0.717, 1.165) is 42.7 Å². The van der Waals surface area contributed by atoms with E-state index in [9.17, 15) is 9.59 Å². The molecule has 5 heteroatoms. The molecule has 31 heavy (non-hydrogen) atoms. The van der Waals surface area contributed by atoms with E-state index in [4.69, 9.17) is 4.74 Å². The number of carbonyl (C=O) groups excluding carboxylic acids is 2. The summed E-state index contributed by atoms with van der Waals surface area (Å²) in [6.07, 6.45) is 6.45. The Labute approximate surface area is 184 Å². The molecular weight excluding hydrogens is 388 g/mol. The van der Waals surface area contributed by atoms with Gasteiger partial charge in [0.25, 0.3) is 5.91 Å². The van der Waals surface area contributed by atoms with Crippen molar-refractivity contribution in [2.45, 2.75) is 71.1 Å². The molecule has 1 aliphatic heterocycles. The van der Waals surface area contributed by atoms with Gasteiger partial charge in [0.1, 0.15) is 5.75 Å². The molecule has 0 aromatic heterocycles. The smallest absolute Gasteiger partial charge is 0.261 e. The molecule has 1 saturated heterocycles. The van der Waals surface area contributed by atoms with Gasteiger partial charge in [-0.2, -0.15) is 0 Å². The van der Waals surface area contributed by atoms with Crippen molar-refractivity contribution in [3.05, 3.63) is 64.7 Å². The number of ether oxygens (including phenoxy) is 1. The summed E-state index contributed by atoms with van der Waals surface area (Å²) < 4.78 is 6.03. The highest BCUT2D eigenvalue weighted by atomic mass is 16.5. The fraction of sp³-hybridized carbons (Fsp3) is 0.462. The molecule has 164 valence electrons. The number of rotatable bonds is 8. The minimum atomic E-state index is -0.498. The number of likely N-dealkylation sites (tertiary alicyclic amines) is 1. The van der Waals surface area contributed by atoms with Gasteiger partial charge in [-0.25, -0.2) is 0 Å². The number of nitrogens with one attached hydrogen (secondary N) is 1. The van der Waals surface area contributed by atoms with E-state index in [1.165, 1.54) is 24.0 Å². The van der Waals surface area contributed by atoms with Crippen molar-refractivity contribution >= 4 is 11.8 Å². The monoisotopic (exact) mass is 420 g/mol. The van der Waals surface area contributed by atoms with Crippen LogP contribution in [-0.4, -0.2) is 29.4 Å². The van der Waals surface area contributed by atoms with E-state index in [1.54, 1.807) is 0 Å². The van der Waals surface area contributed by atoms with E-state index in [2.05, 4.69) is 17.4 Å². The van der Waals surface area contributed by atoms with Crippen LogP contribution in [0.5, 0.6) is 5.75 Å². The summed E-state index contributed by atoms with van der Waals surface area (Å²) in [5, 5.41) is 3.00. The molecule has 5 nitrogen and oxygen atoms in total. The fourth-order valence-corrected chi connectivity index (χ4v) is 4.43. The standard InChI is InChI=1S/C26H32N2O3/c1-2-24(31-23-14-13-21-6-3-4-7-22(21)16-23)26(30)27-17-19-9-11-20(12-10-19)18-28-15-5-8-25(28)29/h9-14,16,24H,2-8,15,17-18H2,1H3,(H,27,30). The third kappa shape index (κ3) is 5.46. The van der Waals surface area contributed by atoms with E-state index < -0.39 is 6.10 Å². The molecule has 4 rings (SSSR count). The molecule has 2 aromatic carbocycles. The van der Waals surface area contributed by atoms with Gasteiger partial charge in [0.2, 0.25) is 5.91 Å². The van der Waals surface area contributed by atoms with Crippen LogP contribution in [0.4, 0.5) is 0 Å². The van der Waals surface area contributed by atoms with E-state index in [0.29, 0.717) is 25.9 Å². The topological polar surface area (TPSA) is 58.6 Å². The van der Waals surface area contributed by atoms with Crippen LogP contribution in [0.2, 0.25) is 0 Å². The van der Waals surface area contributed by atoms with Crippen LogP contribution in [0.1, 0.15) is 61.3 Å². The maximum atomic E-state index is 12.7. The number of aryl methyl sites for hydroxylation is 2. The van der Waals surface area contributed by atoms with Gasteiger partial charge in [-0.1, -0.05) is 37.3 Å². The maximum absolute atomic E-state index is 12.7. The van der Waals surface area contributed by atoms with Crippen LogP contribution >= 0.6 is 0 Å². The molecular formula is C26H32N2O3. The second-order valence-corrected chi connectivity index (χ2v) is 8.61. The zero-order valence-corrected chi connectivity index (χ0v) is 18.4. The van der Waals surface area contributed by atoms with Crippen LogP contribution in [0.15, 0.2) is 42.5 Å². The molecule has 1 heterocycles. The van der Waals surface area contributed by atoms with Gasteiger partial charge in [0.05, 0.1) is 0 Å². The molecule has 1 atom stereocenters. The number of carbonyl (C=O) groups is 2. The second kappa shape index (κ2) is 9.99. The summed E-state index contributed by atoms with van der Waals surface area (Å²) in [6, 6.07) is 14.3. The van der Waals surface area contributed by atoms with Gasteiger partial charge in [-0.15, -0.1) is 0 Å². The van der Waals surface area contributed by atoms with Crippen molar-refractivity contribution in [1.29, 1.82) is 0 Å². The van der Waals surface area contributed by atoms with Crippen LogP contribution in [-0.2, 0) is 35.5 Å². The van der Waals surface area contributed by atoms with Gasteiger partial charge >= 0.3 is 0 Å². The van der Waals surface area contributed by atoms with Gasteiger partial charge in [-0.3, -0.25) is 9.59 Å². The summed E-state index contributed by atoms with van der Waals surface area (Å²) in [4.78, 5) is 26.4. The lowest BCUT2D eigenvalue weighted by Crippen LogP contribution is -2.37. The molecule has 2 aliphatic rings. The number of hydrogen-bond donors (Lipinski definition) is 1. The van der Waals surface area contributed by atoms with Crippen LogP contribution in [0, 0.1) is 0 Å². The van der Waals surface area contributed by atoms with Crippen molar-refractivity contribution in [3.63, 3.8) is 0 Å². The molecule has 1 aliphatic carbocycles. The van der Waals surface area contributed by atoms with E-state index >= 15 is 0 Å². The number of fused-ring (bicyclic) bond motifs is 1. The Bertz CT molecular complexity index is 923. The highest BCUT2D eigenvalue weighted by Gasteiger charge is 2.21. The molecule has 2 aromatic rings. The second-order valence-electron chi connectivity index (χ2n) is 8.61. The van der Waals surface area contributed by atoms with Crippen molar-refractivity contribution in [1.82, 2.24) is 10.2 Å². The summed E-state index contributed by atoms with van der Waals surface area (Å²) in [5.41, 5.74) is 4.92. The van der Waals surface area contributed by atoms with Crippen molar-refractivity contribution in [2.24, 2.45) is 0 Å². The first kappa shape index (κ1) is 21.4. The SMILES string of the molecule is CCC(Oc1ccc2c(c1)CCCC2)C(=O)NCc1ccc(CN2CCCC2=O)cc1. The lowest BCUT2D eigenvalue weighted by atomic mass is 9.92. The zero-order valence-electron chi connectivity index (χ0n) is 18.4. The Hall–Kier alpha value is -2.82. The van der Waals surface area contributed by atoms with Gasteiger partial charge in [-0.05, 0) is 72.9 Å². The molecule has 1 fully saturated rings. The molecule has 0 bridgehead atoms. The summed E-state index contributed by atoms with van der Waals surface area (Å²) >= 11 is 0. The highest BCUT2D eigenvalue weighted by Crippen LogP contribution is 2.26. The minimum absolute atomic E-state index is 0.0908. The quantitative estimate of drug-likeness (QED) is 0.698. The molecule has 2 amide bonds. The maximum Gasteiger partial charge on any atom is 0.261 e. The normalized spacial score (nSPS) is 16.7. The summed E-state index contributed by atoms with van der Waals surface area (Å²) in [7, 11) is 0. The molecule has 1 unspecified atom stereocenters. The Balaban J connectivity index is 1.29. The predicted molar refractivity (Wildman–Crippen MR) is 121 cm³/mol. The highest BCUT2D eigenvalue weighted by molar-refractivity contribution is 5.81. The first-order valence-corrected chi connectivity index (χ1v) is 11.5. The molecule has 0 radical (unpaired) electrons. The van der Waals surface area contributed by atoms with E-state index in [1.807, 2.05) is 42.2 Å². The average Bonchev–Trinajstić information content (AvgIpc) is 3.20. The van der Waals surface area contributed by atoms with Crippen molar-refractivity contribution in [2.75, 3.05) is 6.54 Å². The van der Waals surface area contributed by atoms with Crippen LogP contribution in [0.3, 0.4) is 0 Å². The number of benzene rings is 2. The lowest BCUT2D eigenvalue weighted by molar-refractivity contribution is -0.129. The molecule has 0 spiro atoms. The number of nitrogens with zero attached hydrogens (tertiary/aromatic N) is 1. The third-order valence-electron chi connectivity index (χ3n) is 6.30. The Morgan fingerprint density at radius 3 is 2.45 bits per heavy atom. The Morgan fingerprint density at radius 2 is 1.74 bits per heavy atom. The largest absolute Gasteiger partial charge is 0.481 e. The van der Waals surface area contributed by atoms with Crippen LogP contribution < -0.4 is 10.1 Å². The fourth-order valence-electron chi connectivity index (χ4n) is 4.43. The number of hydrogen-bond acceptors (Lipinski definition) is 3. The minimum Gasteiger partial charge on any atom is -0.481 e. The Morgan fingerprint density at radius 1 is 1.00 bits per heavy atom. The predicted octanol–water partition coefficient (Wildman–Crippen LogP) is 4.16. The van der Waals surface area contributed by atoms with Gasteiger partial charge in [0.15, 0.2) is 6.10 Å². The van der Waals surface area contributed by atoms with Gasteiger partial charge in [0, 0.05) is 26.1 Å². The first-order chi connectivity index (χ1) is 15.1. The van der Waals surface area contributed by atoms with Crippen LogP contribution in [0.25, 0.3) is 0 Å². The van der Waals surface area contributed by atoms with E-state index in [-0.39, 0.29) is 11.8 Å². The Kier molecular flexibility index (Phi) is 6.90. The number of amides is 2. The lowest BCUT2D eigenvalue weighted by Gasteiger charge is -2.20. The van der Waals surface area contributed by atoms with Crippen molar-refractivity contribution in [3.8, 4) is 5.75 Å². The van der Waals surface area contributed by atoms with Gasteiger partial charge < -0.3 is 15.0 Å². The zero-order chi connectivity index (χ0) is 21.6. The third-order valence-corrected chi connectivity index (χ3v) is 6.30. The molecule has 1 N–H and O–H groups in total. The van der Waals surface area contributed by atoms with Crippen molar-refractivity contribution < 1.29 is 14.3 Å². The summed E-state index contributed by atoms with van der Waals surface area (Å²) in [6.45, 7) is 3.94.